The fraction of sp³-hybridized carbons (Fsp3) is 0.733. The maximum Gasteiger partial charge on any atom is 0.158 e. The fourth-order valence-corrected chi connectivity index (χ4v) is 2.71. The van der Waals surface area contributed by atoms with E-state index >= 15 is 0 Å². The topological polar surface area (TPSA) is 50.3 Å². The molecule has 5 nitrogen and oxygen atoms in total. The van der Waals surface area contributed by atoms with Crippen LogP contribution in [0.2, 0.25) is 0 Å². The van der Waals surface area contributed by atoms with Gasteiger partial charge in [-0.25, -0.2) is 9.97 Å². The molecule has 0 saturated heterocycles. The van der Waals surface area contributed by atoms with Crippen LogP contribution < -0.4 is 10.2 Å². The summed E-state index contributed by atoms with van der Waals surface area (Å²) < 4.78 is 5.43. The number of rotatable bonds is 6. The number of anilines is 2. The van der Waals surface area contributed by atoms with Gasteiger partial charge in [-0.1, -0.05) is 19.3 Å². The summed E-state index contributed by atoms with van der Waals surface area (Å²) in [5, 5.41) is 3.11. The van der Waals surface area contributed by atoms with E-state index in [1.807, 2.05) is 20.0 Å². The molecule has 20 heavy (non-hydrogen) atoms. The average molecular weight is 278 g/mol. The molecule has 1 aliphatic rings. The van der Waals surface area contributed by atoms with Gasteiger partial charge in [0.25, 0.3) is 0 Å². The Hall–Kier alpha value is -1.36. The first-order valence-electron chi connectivity index (χ1n) is 7.61. The predicted molar refractivity (Wildman–Crippen MR) is 82.2 cm³/mol. The highest BCUT2D eigenvalue weighted by atomic mass is 16.5. The van der Waals surface area contributed by atoms with Gasteiger partial charge >= 0.3 is 0 Å². The number of hydrogen-bond acceptors (Lipinski definition) is 5. The first-order chi connectivity index (χ1) is 9.74. The van der Waals surface area contributed by atoms with Crippen LogP contribution in [0.1, 0.15) is 44.9 Å². The van der Waals surface area contributed by atoms with E-state index in [-0.39, 0.29) is 0 Å². The smallest absolute Gasteiger partial charge is 0.158 e. The van der Waals surface area contributed by atoms with Gasteiger partial charge in [0.2, 0.25) is 0 Å². The molecule has 5 heteroatoms. The Kier molecular flexibility index (Phi) is 5.59. The Morgan fingerprint density at radius 1 is 1.30 bits per heavy atom. The van der Waals surface area contributed by atoms with Crippen molar-refractivity contribution in [2.24, 2.45) is 0 Å². The Morgan fingerprint density at radius 3 is 2.70 bits per heavy atom. The van der Waals surface area contributed by atoms with Crippen molar-refractivity contribution in [1.82, 2.24) is 9.97 Å². The largest absolute Gasteiger partial charge is 0.374 e. The Balaban J connectivity index is 2.15. The minimum atomic E-state index is 0.470. The van der Waals surface area contributed by atoms with Crippen LogP contribution in [-0.2, 0) is 11.3 Å². The van der Waals surface area contributed by atoms with Gasteiger partial charge in [0.15, 0.2) is 5.82 Å². The van der Waals surface area contributed by atoms with E-state index in [0.29, 0.717) is 19.3 Å². The van der Waals surface area contributed by atoms with Crippen LogP contribution in [0.5, 0.6) is 0 Å². The second-order valence-corrected chi connectivity index (χ2v) is 5.32. The first-order valence-corrected chi connectivity index (χ1v) is 7.61. The van der Waals surface area contributed by atoms with Gasteiger partial charge in [-0.3, -0.25) is 0 Å². The van der Waals surface area contributed by atoms with Crippen molar-refractivity contribution < 1.29 is 4.74 Å². The Bertz CT molecular complexity index is 418. The van der Waals surface area contributed by atoms with Crippen LogP contribution in [0.15, 0.2) is 6.07 Å². The van der Waals surface area contributed by atoms with Gasteiger partial charge in [0.1, 0.15) is 18.2 Å². The third-order valence-corrected chi connectivity index (χ3v) is 3.93. The fourth-order valence-electron chi connectivity index (χ4n) is 2.71. The van der Waals surface area contributed by atoms with Crippen LogP contribution >= 0.6 is 0 Å². The number of nitrogens with zero attached hydrogens (tertiary/aromatic N) is 3. The predicted octanol–water partition coefficient (Wildman–Crippen LogP) is 2.82. The van der Waals surface area contributed by atoms with Gasteiger partial charge in [0, 0.05) is 32.8 Å². The zero-order chi connectivity index (χ0) is 14.4. The molecule has 112 valence electrons. The second kappa shape index (κ2) is 7.43. The number of aromatic nitrogens is 2. The molecule has 2 rings (SSSR count). The summed E-state index contributed by atoms with van der Waals surface area (Å²) in [6.45, 7) is 3.13. The van der Waals surface area contributed by atoms with Gasteiger partial charge in [0.05, 0.1) is 0 Å². The maximum absolute atomic E-state index is 5.43. The summed E-state index contributed by atoms with van der Waals surface area (Å²) in [6, 6.07) is 2.62. The second-order valence-electron chi connectivity index (χ2n) is 5.32. The number of hydrogen-bond donors (Lipinski definition) is 1. The molecule has 0 unspecified atom stereocenters. The van der Waals surface area contributed by atoms with Crippen molar-refractivity contribution >= 4 is 11.6 Å². The molecule has 0 amide bonds. The molecular weight excluding hydrogens is 252 g/mol. The Morgan fingerprint density at radius 2 is 2.05 bits per heavy atom. The van der Waals surface area contributed by atoms with E-state index in [9.17, 15) is 0 Å². The molecule has 1 aromatic rings. The molecule has 1 fully saturated rings. The van der Waals surface area contributed by atoms with E-state index < -0.39 is 0 Å². The minimum Gasteiger partial charge on any atom is -0.374 e. The van der Waals surface area contributed by atoms with Crippen molar-refractivity contribution in [3.05, 3.63) is 11.9 Å². The van der Waals surface area contributed by atoms with E-state index in [2.05, 4.69) is 27.2 Å². The van der Waals surface area contributed by atoms with Crippen LogP contribution in [0.4, 0.5) is 11.6 Å². The lowest BCUT2D eigenvalue weighted by molar-refractivity contribution is 0.128. The molecule has 0 atom stereocenters. The summed E-state index contributed by atoms with van der Waals surface area (Å²) in [7, 11) is 4.03. The van der Waals surface area contributed by atoms with E-state index in [4.69, 9.17) is 4.74 Å². The van der Waals surface area contributed by atoms with Crippen molar-refractivity contribution in [1.29, 1.82) is 0 Å². The lowest BCUT2D eigenvalue weighted by Crippen LogP contribution is -2.34. The zero-order valence-electron chi connectivity index (χ0n) is 12.9. The average Bonchev–Trinajstić information content (AvgIpc) is 2.52. The third-order valence-electron chi connectivity index (χ3n) is 3.93. The molecule has 1 aromatic heterocycles. The van der Waals surface area contributed by atoms with Gasteiger partial charge < -0.3 is 15.0 Å². The summed E-state index contributed by atoms with van der Waals surface area (Å²) in [4.78, 5) is 11.4. The van der Waals surface area contributed by atoms with Crippen LogP contribution in [0.3, 0.4) is 0 Å². The molecule has 0 aromatic carbocycles. The highest BCUT2D eigenvalue weighted by molar-refractivity contribution is 5.49. The van der Waals surface area contributed by atoms with Crippen LogP contribution in [0, 0.1) is 0 Å². The van der Waals surface area contributed by atoms with Gasteiger partial charge in [-0.2, -0.15) is 0 Å². The SMILES string of the molecule is CCOCc1nc(NC)cc(N(C)C2CCCCC2)n1. The highest BCUT2D eigenvalue weighted by Gasteiger charge is 2.20. The summed E-state index contributed by atoms with van der Waals surface area (Å²) >= 11 is 0. The summed E-state index contributed by atoms with van der Waals surface area (Å²) in [5.74, 6) is 2.59. The van der Waals surface area contributed by atoms with E-state index in [0.717, 1.165) is 17.5 Å². The lowest BCUT2D eigenvalue weighted by Gasteiger charge is -2.32. The highest BCUT2D eigenvalue weighted by Crippen LogP contribution is 2.26. The van der Waals surface area contributed by atoms with Gasteiger partial charge in [-0.15, -0.1) is 0 Å². The number of nitrogens with one attached hydrogen (secondary N) is 1. The molecule has 1 heterocycles. The van der Waals surface area contributed by atoms with Crippen molar-refractivity contribution in [3.63, 3.8) is 0 Å². The third kappa shape index (κ3) is 3.82. The summed E-state index contributed by atoms with van der Waals surface area (Å²) in [6.07, 6.45) is 6.54. The van der Waals surface area contributed by atoms with Crippen LogP contribution in [-0.4, -0.2) is 36.7 Å². The molecular formula is C15H26N4O. The van der Waals surface area contributed by atoms with Crippen LogP contribution in [0.25, 0.3) is 0 Å². The Labute approximate surface area is 121 Å². The molecule has 0 bridgehead atoms. The van der Waals surface area contributed by atoms with E-state index in [1.54, 1.807) is 0 Å². The van der Waals surface area contributed by atoms with Crippen molar-refractivity contribution in [3.8, 4) is 0 Å². The maximum atomic E-state index is 5.43. The lowest BCUT2D eigenvalue weighted by atomic mass is 9.94. The standard InChI is InChI=1S/C15H26N4O/c1-4-20-11-14-17-13(16-2)10-15(18-14)19(3)12-8-6-5-7-9-12/h10,12H,4-9,11H2,1-3H3,(H,16,17,18). The first kappa shape index (κ1) is 15.0. The molecule has 0 aliphatic heterocycles. The zero-order valence-corrected chi connectivity index (χ0v) is 12.9. The normalized spacial score (nSPS) is 16.1. The molecule has 1 aliphatic carbocycles. The monoisotopic (exact) mass is 278 g/mol. The van der Waals surface area contributed by atoms with E-state index in [1.165, 1.54) is 32.1 Å². The molecule has 0 radical (unpaired) electrons. The summed E-state index contributed by atoms with van der Waals surface area (Å²) in [5.41, 5.74) is 0. The molecule has 0 spiro atoms. The van der Waals surface area contributed by atoms with Crippen molar-refractivity contribution in [2.45, 2.75) is 51.7 Å². The number of ether oxygens (including phenoxy) is 1. The minimum absolute atomic E-state index is 0.470. The van der Waals surface area contributed by atoms with Crippen molar-refractivity contribution in [2.75, 3.05) is 30.9 Å². The quantitative estimate of drug-likeness (QED) is 0.867. The molecule has 1 N–H and O–H groups in total. The van der Waals surface area contributed by atoms with Gasteiger partial charge in [-0.05, 0) is 19.8 Å². The molecule has 1 saturated carbocycles.